The Balaban J connectivity index is 2.12. The van der Waals surface area contributed by atoms with Gasteiger partial charge in [-0.3, -0.25) is 14.9 Å². The molecular formula is C12H18N4O3. The molecule has 0 unspecified atom stereocenters. The summed E-state index contributed by atoms with van der Waals surface area (Å²) < 4.78 is 0. The van der Waals surface area contributed by atoms with E-state index in [1.165, 1.54) is 12.3 Å². The summed E-state index contributed by atoms with van der Waals surface area (Å²) in [5.74, 6) is -0.164. The van der Waals surface area contributed by atoms with Crippen molar-refractivity contribution in [1.82, 2.24) is 15.2 Å². The molecule has 2 N–H and O–H groups in total. The van der Waals surface area contributed by atoms with Gasteiger partial charge in [0.2, 0.25) is 0 Å². The van der Waals surface area contributed by atoms with Crippen molar-refractivity contribution in [2.75, 3.05) is 19.6 Å². The molecule has 1 aliphatic heterocycles. The molecule has 0 aromatic carbocycles. The van der Waals surface area contributed by atoms with Gasteiger partial charge in [0.15, 0.2) is 0 Å². The molecule has 7 nitrogen and oxygen atoms in total. The van der Waals surface area contributed by atoms with E-state index in [0.29, 0.717) is 6.54 Å². The number of aromatic nitrogens is 1. The largest absolute Gasteiger partial charge is 0.351 e. The summed E-state index contributed by atoms with van der Waals surface area (Å²) in [5, 5.41) is 13.9. The maximum Gasteiger partial charge on any atom is 0.287 e. The third-order valence-corrected chi connectivity index (χ3v) is 3.46. The Morgan fingerprint density at radius 1 is 1.53 bits per heavy atom. The number of hydrogen-bond donors (Lipinski definition) is 2. The molecule has 1 fully saturated rings. The number of amides is 1. The summed E-state index contributed by atoms with van der Waals surface area (Å²) in [6.07, 6.45) is 3.09. The first-order valence-corrected chi connectivity index (χ1v) is 6.48. The van der Waals surface area contributed by atoms with Crippen LogP contribution in [0.4, 0.5) is 5.69 Å². The van der Waals surface area contributed by atoms with Crippen LogP contribution in [-0.4, -0.2) is 46.4 Å². The van der Waals surface area contributed by atoms with Crippen LogP contribution >= 0.6 is 0 Å². The van der Waals surface area contributed by atoms with Crippen LogP contribution in [0.1, 0.15) is 30.3 Å². The number of rotatable bonds is 4. The fraction of sp³-hybridized carbons (Fsp3) is 0.583. The molecule has 1 saturated heterocycles. The lowest BCUT2D eigenvalue weighted by atomic mass is 10.0. The molecule has 2 heterocycles. The van der Waals surface area contributed by atoms with Crippen molar-refractivity contribution in [3.63, 3.8) is 0 Å². The number of carbonyl (C=O) groups excluding carboxylic acids is 1. The van der Waals surface area contributed by atoms with Crippen molar-refractivity contribution >= 4 is 11.6 Å². The molecule has 0 spiro atoms. The van der Waals surface area contributed by atoms with E-state index < -0.39 is 4.92 Å². The lowest BCUT2D eigenvalue weighted by Gasteiger charge is -2.33. The van der Waals surface area contributed by atoms with E-state index in [0.717, 1.165) is 25.9 Å². The van der Waals surface area contributed by atoms with Gasteiger partial charge in [0.25, 0.3) is 11.6 Å². The monoisotopic (exact) mass is 266 g/mol. The number of aromatic amines is 1. The zero-order valence-corrected chi connectivity index (χ0v) is 10.9. The summed E-state index contributed by atoms with van der Waals surface area (Å²) in [7, 11) is 0. The predicted molar refractivity (Wildman–Crippen MR) is 70.0 cm³/mol. The fourth-order valence-corrected chi connectivity index (χ4v) is 2.45. The Morgan fingerprint density at radius 2 is 2.21 bits per heavy atom. The molecule has 0 radical (unpaired) electrons. The lowest BCUT2D eigenvalue weighted by Crippen LogP contribution is -2.46. The minimum atomic E-state index is -0.506. The third-order valence-electron chi connectivity index (χ3n) is 3.46. The standard InChI is InChI=1S/C12H18N4O3/c1-2-15(9-3-5-13-6-4-9)12(17)11-7-10(8-14-11)16(18)19/h7-9,13-14H,2-6H2,1H3. The summed E-state index contributed by atoms with van der Waals surface area (Å²) >= 11 is 0. The van der Waals surface area contributed by atoms with Crippen molar-refractivity contribution in [3.05, 3.63) is 28.1 Å². The molecule has 1 aliphatic rings. The molecule has 104 valence electrons. The predicted octanol–water partition coefficient (Wildman–Crippen LogP) is 1.14. The van der Waals surface area contributed by atoms with Gasteiger partial charge in [-0.2, -0.15) is 0 Å². The molecule has 19 heavy (non-hydrogen) atoms. The summed E-state index contributed by atoms with van der Waals surface area (Å²) in [6.45, 7) is 4.34. The second-order valence-corrected chi connectivity index (χ2v) is 4.60. The van der Waals surface area contributed by atoms with Gasteiger partial charge >= 0.3 is 0 Å². The Kier molecular flexibility index (Phi) is 4.16. The molecule has 2 rings (SSSR count). The van der Waals surface area contributed by atoms with Crippen LogP contribution in [-0.2, 0) is 0 Å². The van der Waals surface area contributed by atoms with Crippen LogP contribution in [0.2, 0.25) is 0 Å². The molecule has 1 aromatic rings. The fourth-order valence-electron chi connectivity index (χ4n) is 2.45. The van der Waals surface area contributed by atoms with E-state index in [1.54, 1.807) is 4.90 Å². The minimum Gasteiger partial charge on any atom is -0.351 e. The third kappa shape index (κ3) is 2.93. The van der Waals surface area contributed by atoms with Crippen molar-refractivity contribution in [2.45, 2.75) is 25.8 Å². The quantitative estimate of drug-likeness (QED) is 0.631. The summed E-state index contributed by atoms with van der Waals surface area (Å²) in [5.41, 5.74) is 0.205. The van der Waals surface area contributed by atoms with Crippen LogP contribution in [0.15, 0.2) is 12.3 Å². The maximum atomic E-state index is 12.4. The van der Waals surface area contributed by atoms with E-state index in [-0.39, 0.29) is 23.3 Å². The molecule has 7 heteroatoms. The number of piperidine rings is 1. The normalized spacial score (nSPS) is 16.3. The van der Waals surface area contributed by atoms with Crippen LogP contribution in [0.3, 0.4) is 0 Å². The second kappa shape index (κ2) is 5.83. The minimum absolute atomic E-state index is 0.0790. The first-order valence-electron chi connectivity index (χ1n) is 6.48. The van der Waals surface area contributed by atoms with Crippen LogP contribution in [0.5, 0.6) is 0 Å². The molecule has 0 bridgehead atoms. The van der Waals surface area contributed by atoms with E-state index >= 15 is 0 Å². The maximum absolute atomic E-state index is 12.4. The van der Waals surface area contributed by atoms with Gasteiger partial charge in [0.05, 0.1) is 11.1 Å². The highest BCUT2D eigenvalue weighted by Crippen LogP contribution is 2.18. The van der Waals surface area contributed by atoms with Gasteiger partial charge in [-0.05, 0) is 32.9 Å². The highest BCUT2D eigenvalue weighted by atomic mass is 16.6. The van der Waals surface area contributed by atoms with E-state index in [9.17, 15) is 14.9 Å². The average Bonchev–Trinajstić information content (AvgIpc) is 2.90. The van der Waals surface area contributed by atoms with Gasteiger partial charge in [0, 0.05) is 18.7 Å². The number of nitro groups is 1. The number of carbonyl (C=O) groups is 1. The zero-order chi connectivity index (χ0) is 13.8. The van der Waals surface area contributed by atoms with Gasteiger partial charge in [0.1, 0.15) is 5.69 Å². The van der Waals surface area contributed by atoms with Crippen molar-refractivity contribution in [1.29, 1.82) is 0 Å². The summed E-state index contributed by atoms with van der Waals surface area (Å²) in [4.78, 5) is 27.0. The smallest absolute Gasteiger partial charge is 0.287 e. The zero-order valence-electron chi connectivity index (χ0n) is 10.9. The number of nitrogens with one attached hydrogen (secondary N) is 2. The van der Waals surface area contributed by atoms with Gasteiger partial charge in [-0.15, -0.1) is 0 Å². The Bertz CT molecular complexity index is 465. The number of H-pyrrole nitrogens is 1. The molecule has 1 aromatic heterocycles. The molecule has 0 aliphatic carbocycles. The SMILES string of the molecule is CCN(C(=O)c1cc([N+](=O)[O-])c[nH]1)C1CCNCC1. The topological polar surface area (TPSA) is 91.3 Å². The van der Waals surface area contributed by atoms with Gasteiger partial charge < -0.3 is 15.2 Å². The molecule has 0 saturated carbocycles. The first-order chi connectivity index (χ1) is 9.13. The van der Waals surface area contributed by atoms with E-state index in [1.807, 2.05) is 6.92 Å². The first kappa shape index (κ1) is 13.5. The highest BCUT2D eigenvalue weighted by Gasteiger charge is 2.26. The number of hydrogen-bond acceptors (Lipinski definition) is 4. The molecule has 0 atom stereocenters. The summed E-state index contributed by atoms with van der Waals surface area (Å²) in [6, 6.07) is 1.51. The van der Waals surface area contributed by atoms with Crippen LogP contribution < -0.4 is 5.32 Å². The van der Waals surface area contributed by atoms with Gasteiger partial charge in [-0.1, -0.05) is 0 Å². The van der Waals surface area contributed by atoms with Crippen molar-refractivity contribution < 1.29 is 9.72 Å². The van der Waals surface area contributed by atoms with Gasteiger partial charge in [-0.25, -0.2) is 0 Å². The number of nitrogens with zero attached hydrogens (tertiary/aromatic N) is 2. The Morgan fingerprint density at radius 3 is 2.74 bits per heavy atom. The Labute approximate surface area is 111 Å². The van der Waals surface area contributed by atoms with E-state index in [4.69, 9.17) is 0 Å². The second-order valence-electron chi connectivity index (χ2n) is 4.60. The van der Waals surface area contributed by atoms with Crippen LogP contribution in [0, 0.1) is 10.1 Å². The Hall–Kier alpha value is -1.89. The lowest BCUT2D eigenvalue weighted by molar-refractivity contribution is -0.384. The average molecular weight is 266 g/mol. The highest BCUT2D eigenvalue weighted by molar-refractivity contribution is 5.93. The van der Waals surface area contributed by atoms with Crippen LogP contribution in [0.25, 0.3) is 0 Å². The molecule has 1 amide bonds. The van der Waals surface area contributed by atoms with E-state index in [2.05, 4.69) is 10.3 Å². The molecular weight excluding hydrogens is 248 g/mol. The van der Waals surface area contributed by atoms with Crippen molar-refractivity contribution in [2.24, 2.45) is 0 Å². The van der Waals surface area contributed by atoms with Crippen molar-refractivity contribution in [3.8, 4) is 0 Å².